The summed E-state index contributed by atoms with van der Waals surface area (Å²) >= 11 is 0. The third-order valence-corrected chi connectivity index (χ3v) is 2.59. The zero-order valence-electron chi connectivity index (χ0n) is 12.6. The minimum absolute atomic E-state index is 0.105. The summed E-state index contributed by atoms with van der Waals surface area (Å²) in [6.07, 6.45) is 9.61. The van der Waals surface area contributed by atoms with Crippen molar-refractivity contribution in [2.75, 3.05) is 6.54 Å². The van der Waals surface area contributed by atoms with Crippen molar-refractivity contribution in [1.29, 1.82) is 0 Å². The second-order valence-electron chi connectivity index (χ2n) is 5.09. The highest BCUT2D eigenvalue weighted by atomic mass is 16.3. The minimum atomic E-state index is -0.814. The number of aliphatic hydroxyl groups is 2. The Hall–Kier alpha value is -1.39. The lowest BCUT2D eigenvalue weighted by Gasteiger charge is -2.12. The molecule has 0 saturated carbocycles. The van der Waals surface area contributed by atoms with Gasteiger partial charge in [-0.05, 0) is 25.7 Å². The van der Waals surface area contributed by atoms with E-state index in [1.54, 1.807) is 31.2 Å². The van der Waals surface area contributed by atoms with Gasteiger partial charge >= 0.3 is 0 Å². The van der Waals surface area contributed by atoms with Crippen molar-refractivity contribution in [2.45, 2.75) is 45.8 Å². The van der Waals surface area contributed by atoms with Crippen LogP contribution < -0.4 is 5.32 Å². The van der Waals surface area contributed by atoms with Crippen LogP contribution in [0.25, 0.3) is 0 Å². The van der Waals surface area contributed by atoms with Gasteiger partial charge in [-0.3, -0.25) is 4.79 Å². The van der Waals surface area contributed by atoms with Crippen molar-refractivity contribution < 1.29 is 15.0 Å². The summed E-state index contributed by atoms with van der Waals surface area (Å²) in [6, 6.07) is 0. The third kappa shape index (κ3) is 10.5. The zero-order valence-corrected chi connectivity index (χ0v) is 12.6. The Labute approximate surface area is 121 Å². The second kappa shape index (κ2) is 11.4. The molecule has 2 atom stereocenters. The molecule has 20 heavy (non-hydrogen) atoms. The van der Waals surface area contributed by atoms with E-state index in [2.05, 4.69) is 5.32 Å². The summed E-state index contributed by atoms with van der Waals surface area (Å²) in [5.74, 6) is 0.333. The summed E-state index contributed by atoms with van der Waals surface area (Å²) in [5.41, 5.74) is 0. The van der Waals surface area contributed by atoms with Crippen molar-refractivity contribution in [3.05, 3.63) is 36.5 Å². The number of aliphatic hydroxyl groups excluding tert-OH is 2. The van der Waals surface area contributed by atoms with Gasteiger partial charge in [0.1, 0.15) is 0 Å². The lowest BCUT2D eigenvalue weighted by atomic mass is 10.1. The van der Waals surface area contributed by atoms with E-state index >= 15 is 0 Å². The molecule has 0 bridgehead atoms. The van der Waals surface area contributed by atoms with Gasteiger partial charge in [0.2, 0.25) is 5.91 Å². The number of hydrogen-bond acceptors (Lipinski definition) is 3. The molecule has 114 valence electrons. The fraction of sp³-hybridized carbons (Fsp3) is 0.562. The van der Waals surface area contributed by atoms with Gasteiger partial charge in [-0.25, -0.2) is 0 Å². The molecule has 4 nitrogen and oxygen atoms in total. The first-order valence-electron chi connectivity index (χ1n) is 7.07. The fourth-order valence-corrected chi connectivity index (χ4v) is 1.44. The van der Waals surface area contributed by atoms with Crippen LogP contribution in [0.4, 0.5) is 0 Å². The van der Waals surface area contributed by atoms with E-state index in [9.17, 15) is 15.0 Å². The maximum absolute atomic E-state index is 11.3. The van der Waals surface area contributed by atoms with Crippen molar-refractivity contribution in [3.8, 4) is 0 Å². The predicted molar refractivity (Wildman–Crippen MR) is 82.2 cm³/mol. The fourth-order valence-electron chi connectivity index (χ4n) is 1.44. The summed E-state index contributed by atoms with van der Waals surface area (Å²) in [7, 11) is 0. The van der Waals surface area contributed by atoms with E-state index in [-0.39, 0.29) is 5.91 Å². The van der Waals surface area contributed by atoms with Gasteiger partial charge in [-0.15, -0.1) is 0 Å². The molecule has 0 radical (unpaired) electrons. The molecule has 1 amide bonds. The van der Waals surface area contributed by atoms with Gasteiger partial charge in [-0.1, -0.05) is 44.2 Å². The van der Waals surface area contributed by atoms with Gasteiger partial charge in [0.05, 0.1) is 12.2 Å². The van der Waals surface area contributed by atoms with E-state index < -0.39 is 12.2 Å². The predicted octanol–water partition coefficient (Wildman–Crippen LogP) is 1.95. The Morgan fingerprint density at radius 3 is 2.55 bits per heavy atom. The standard InChI is InChI=1S/C16H27NO3/c1-4-9-14(18)15(19)10-7-5-6-8-11-16(20)17-12-13(2)3/h4-6,8-9,11,13-15,18-19H,7,10,12H2,1-3H3,(H,17,20)/b6-5+,9-4-,11-8+. The smallest absolute Gasteiger partial charge is 0.243 e. The van der Waals surface area contributed by atoms with E-state index in [0.29, 0.717) is 25.3 Å². The average Bonchev–Trinajstić information content (AvgIpc) is 2.40. The van der Waals surface area contributed by atoms with Crippen LogP contribution in [0, 0.1) is 5.92 Å². The molecule has 0 aromatic rings. The molecule has 0 aromatic carbocycles. The zero-order chi connectivity index (χ0) is 15.4. The number of nitrogens with one attached hydrogen (secondary N) is 1. The number of rotatable bonds is 9. The number of hydrogen-bond donors (Lipinski definition) is 3. The average molecular weight is 281 g/mol. The molecule has 0 aromatic heterocycles. The molecule has 0 saturated heterocycles. The van der Waals surface area contributed by atoms with Crippen LogP contribution in [-0.2, 0) is 4.79 Å². The van der Waals surface area contributed by atoms with E-state index in [1.807, 2.05) is 19.9 Å². The molecule has 0 heterocycles. The van der Waals surface area contributed by atoms with Crippen LogP contribution >= 0.6 is 0 Å². The highest BCUT2D eigenvalue weighted by Crippen LogP contribution is 2.04. The molecule has 0 aliphatic carbocycles. The molecule has 0 aliphatic heterocycles. The van der Waals surface area contributed by atoms with Crippen LogP contribution in [0.2, 0.25) is 0 Å². The topological polar surface area (TPSA) is 69.6 Å². The van der Waals surface area contributed by atoms with Gasteiger partial charge in [0, 0.05) is 12.6 Å². The molecule has 0 rings (SSSR count). The monoisotopic (exact) mass is 281 g/mol. The number of amides is 1. The van der Waals surface area contributed by atoms with Gasteiger partial charge in [0.15, 0.2) is 0 Å². The van der Waals surface area contributed by atoms with Gasteiger partial charge in [-0.2, -0.15) is 0 Å². The molecule has 2 unspecified atom stereocenters. The molecule has 0 fully saturated rings. The lowest BCUT2D eigenvalue weighted by Crippen LogP contribution is -2.25. The van der Waals surface area contributed by atoms with Crippen molar-refractivity contribution in [3.63, 3.8) is 0 Å². The summed E-state index contributed by atoms with van der Waals surface area (Å²) in [5, 5.41) is 21.8. The minimum Gasteiger partial charge on any atom is -0.390 e. The Bertz CT molecular complexity index is 346. The maximum atomic E-state index is 11.3. The second-order valence-corrected chi connectivity index (χ2v) is 5.09. The first-order valence-corrected chi connectivity index (χ1v) is 7.07. The van der Waals surface area contributed by atoms with Crippen LogP contribution in [0.5, 0.6) is 0 Å². The van der Waals surface area contributed by atoms with Crippen molar-refractivity contribution >= 4 is 5.91 Å². The maximum Gasteiger partial charge on any atom is 0.243 e. The SMILES string of the molecule is C/C=C\C(O)C(O)CC/C=C/C=C/C(=O)NCC(C)C. The Morgan fingerprint density at radius 1 is 1.25 bits per heavy atom. The molecular formula is C16H27NO3. The van der Waals surface area contributed by atoms with Crippen molar-refractivity contribution in [2.24, 2.45) is 5.92 Å². The lowest BCUT2D eigenvalue weighted by molar-refractivity contribution is -0.116. The molecule has 0 aliphatic rings. The van der Waals surface area contributed by atoms with Crippen LogP contribution in [0.3, 0.4) is 0 Å². The van der Waals surface area contributed by atoms with Crippen LogP contribution in [-0.4, -0.2) is 34.9 Å². The quantitative estimate of drug-likeness (QED) is 0.344. The number of carbonyl (C=O) groups excluding carboxylic acids is 1. The molecular weight excluding hydrogens is 254 g/mol. The molecule has 3 N–H and O–H groups in total. The van der Waals surface area contributed by atoms with E-state index in [0.717, 1.165) is 0 Å². The first kappa shape index (κ1) is 18.6. The highest BCUT2D eigenvalue weighted by Gasteiger charge is 2.10. The Balaban J connectivity index is 3.83. The number of allylic oxidation sites excluding steroid dienone is 4. The highest BCUT2D eigenvalue weighted by molar-refractivity contribution is 5.87. The van der Waals surface area contributed by atoms with Crippen molar-refractivity contribution in [1.82, 2.24) is 5.32 Å². The summed E-state index contributed by atoms with van der Waals surface area (Å²) < 4.78 is 0. The van der Waals surface area contributed by atoms with E-state index in [4.69, 9.17) is 0 Å². The first-order chi connectivity index (χ1) is 9.47. The van der Waals surface area contributed by atoms with Gasteiger partial charge < -0.3 is 15.5 Å². The third-order valence-electron chi connectivity index (χ3n) is 2.59. The normalized spacial score (nSPS) is 15.5. The molecule has 0 spiro atoms. The van der Waals surface area contributed by atoms with E-state index in [1.165, 1.54) is 6.08 Å². The Kier molecular flexibility index (Phi) is 10.6. The molecule has 4 heteroatoms. The summed E-state index contributed by atoms with van der Waals surface area (Å²) in [6.45, 7) is 6.54. The largest absolute Gasteiger partial charge is 0.390 e. The summed E-state index contributed by atoms with van der Waals surface area (Å²) in [4.78, 5) is 11.3. The van der Waals surface area contributed by atoms with Gasteiger partial charge in [0.25, 0.3) is 0 Å². The van der Waals surface area contributed by atoms with Crippen LogP contribution in [0.15, 0.2) is 36.5 Å². The Morgan fingerprint density at radius 2 is 1.95 bits per heavy atom. The number of carbonyl (C=O) groups is 1. The van der Waals surface area contributed by atoms with Crippen LogP contribution in [0.1, 0.15) is 33.6 Å².